The quantitative estimate of drug-likeness (QED) is 0.613. The number of amides is 1. The van der Waals surface area contributed by atoms with Crippen molar-refractivity contribution in [1.82, 2.24) is 0 Å². The number of non-ortho nitro benzene ring substituents is 1. The summed E-state index contributed by atoms with van der Waals surface area (Å²) in [6.45, 7) is 0. The molecule has 2 bridgehead atoms. The molecule has 1 aliphatic heterocycles. The highest BCUT2D eigenvalue weighted by Gasteiger charge is 2.61. The zero-order valence-electron chi connectivity index (χ0n) is 14.0. The molecule has 130 valence electrons. The molecule has 0 spiro atoms. The van der Waals surface area contributed by atoms with Gasteiger partial charge in [0.2, 0.25) is 5.91 Å². The summed E-state index contributed by atoms with van der Waals surface area (Å²) in [5.41, 5.74) is 0.640. The molecule has 3 aliphatic rings. The largest absolute Gasteiger partial charge is 0.295 e. The molecule has 2 saturated carbocycles. The van der Waals surface area contributed by atoms with Gasteiger partial charge in [-0.25, -0.2) is 0 Å². The van der Waals surface area contributed by atoms with E-state index in [0.29, 0.717) is 28.3 Å². The van der Waals surface area contributed by atoms with Crippen molar-refractivity contribution in [3.8, 4) is 6.07 Å². The number of nitro benzene ring substituents is 1. The van der Waals surface area contributed by atoms with Crippen molar-refractivity contribution in [2.24, 2.45) is 23.7 Å². The third-order valence-corrected chi connectivity index (χ3v) is 6.61. The molecule has 6 heteroatoms. The summed E-state index contributed by atoms with van der Waals surface area (Å²) in [4.78, 5) is 25.8. The summed E-state index contributed by atoms with van der Waals surface area (Å²) >= 11 is 0. The highest BCUT2D eigenvalue weighted by atomic mass is 16.6. The summed E-state index contributed by atoms with van der Waals surface area (Å²) in [5, 5.41) is 22.4. The number of anilines is 1. The molecule has 2 aromatic rings. The molecule has 0 aromatic heterocycles. The van der Waals surface area contributed by atoms with Crippen LogP contribution < -0.4 is 4.90 Å². The van der Waals surface area contributed by atoms with Crippen molar-refractivity contribution < 1.29 is 9.72 Å². The van der Waals surface area contributed by atoms with E-state index in [2.05, 4.69) is 6.07 Å². The first kappa shape index (κ1) is 15.3. The number of benzene rings is 2. The topological polar surface area (TPSA) is 87.2 Å². The molecule has 1 saturated heterocycles. The van der Waals surface area contributed by atoms with Crippen LogP contribution >= 0.6 is 0 Å². The van der Waals surface area contributed by atoms with Crippen molar-refractivity contribution in [2.45, 2.75) is 25.3 Å². The van der Waals surface area contributed by atoms with Crippen LogP contribution in [0.1, 0.15) is 19.3 Å². The average molecular weight is 347 g/mol. The molecular weight excluding hydrogens is 330 g/mol. The second-order valence-corrected chi connectivity index (χ2v) is 7.63. The zero-order valence-corrected chi connectivity index (χ0v) is 14.0. The number of fused-ring (bicyclic) bond motifs is 6. The minimum Gasteiger partial charge on any atom is -0.295 e. The van der Waals surface area contributed by atoms with Crippen molar-refractivity contribution >= 4 is 28.1 Å². The van der Waals surface area contributed by atoms with Gasteiger partial charge in [-0.05, 0) is 43.2 Å². The Kier molecular flexibility index (Phi) is 3.11. The highest BCUT2D eigenvalue weighted by Crippen LogP contribution is 2.58. The maximum atomic E-state index is 13.3. The normalized spacial score (nSPS) is 32.0. The van der Waals surface area contributed by atoms with E-state index < -0.39 is 11.0 Å². The van der Waals surface area contributed by atoms with Crippen LogP contribution in [0, 0.1) is 45.1 Å². The maximum Gasteiger partial charge on any atom is 0.277 e. The van der Waals surface area contributed by atoms with Gasteiger partial charge in [-0.1, -0.05) is 18.2 Å². The average Bonchev–Trinajstić information content (AvgIpc) is 3.33. The predicted molar refractivity (Wildman–Crippen MR) is 95.3 cm³/mol. The number of hydrogen-bond acceptors (Lipinski definition) is 4. The van der Waals surface area contributed by atoms with Gasteiger partial charge < -0.3 is 0 Å². The Morgan fingerprint density at radius 2 is 1.85 bits per heavy atom. The first-order valence-corrected chi connectivity index (χ1v) is 9.00. The monoisotopic (exact) mass is 347 g/mol. The van der Waals surface area contributed by atoms with Crippen molar-refractivity contribution in [3.63, 3.8) is 0 Å². The van der Waals surface area contributed by atoms with Crippen LogP contribution in [0.15, 0.2) is 36.4 Å². The smallest absolute Gasteiger partial charge is 0.277 e. The Hall–Kier alpha value is -2.94. The molecule has 26 heavy (non-hydrogen) atoms. The van der Waals surface area contributed by atoms with Gasteiger partial charge in [0.25, 0.3) is 5.69 Å². The van der Waals surface area contributed by atoms with Crippen LogP contribution in [0.5, 0.6) is 0 Å². The lowest BCUT2D eigenvalue weighted by molar-refractivity contribution is -0.383. The van der Waals surface area contributed by atoms with Gasteiger partial charge in [-0.2, -0.15) is 5.26 Å². The fourth-order valence-corrected chi connectivity index (χ4v) is 5.68. The number of nitriles is 1. The van der Waals surface area contributed by atoms with Crippen molar-refractivity contribution in [3.05, 3.63) is 46.5 Å². The van der Waals surface area contributed by atoms with Crippen LogP contribution in [-0.2, 0) is 4.79 Å². The molecule has 1 heterocycles. The summed E-state index contributed by atoms with van der Waals surface area (Å²) in [6.07, 6.45) is 3.24. The summed E-state index contributed by atoms with van der Waals surface area (Å²) in [5.74, 6) is 0.899. The van der Waals surface area contributed by atoms with Crippen LogP contribution in [-0.4, -0.2) is 16.9 Å². The fourth-order valence-electron chi connectivity index (χ4n) is 5.68. The van der Waals surface area contributed by atoms with E-state index in [1.807, 2.05) is 6.07 Å². The zero-order chi connectivity index (χ0) is 18.0. The molecular formula is C20H17N3O3. The van der Waals surface area contributed by atoms with Gasteiger partial charge >= 0.3 is 0 Å². The van der Waals surface area contributed by atoms with E-state index in [-0.39, 0.29) is 23.4 Å². The lowest BCUT2D eigenvalue weighted by atomic mass is 9.78. The molecule has 0 radical (unpaired) electrons. The van der Waals surface area contributed by atoms with E-state index in [4.69, 9.17) is 0 Å². The number of rotatable bonds is 2. The van der Waals surface area contributed by atoms with E-state index in [1.54, 1.807) is 29.2 Å². The predicted octanol–water partition coefficient (Wildman–Crippen LogP) is 3.65. The lowest BCUT2D eigenvalue weighted by Crippen LogP contribution is -2.36. The standard InChI is InChI=1S/C20H17N3O3/c21-10-17-18-11-5-6-12(9-11)19(18)20(24)22(17)15-7-8-16(23(25)26)14-4-2-1-3-13(14)15/h1-4,7-8,11-12,17-19H,5-6,9H2/t11?,12?,17-,18-,19-/m0/s1. The van der Waals surface area contributed by atoms with Crippen molar-refractivity contribution in [1.29, 1.82) is 5.26 Å². The van der Waals surface area contributed by atoms with E-state index in [0.717, 1.165) is 19.3 Å². The van der Waals surface area contributed by atoms with Crippen LogP contribution in [0.3, 0.4) is 0 Å². The molecule has 1 amide bonds. The lowest BCUT2D eigenvalue weighted by Gasteiger charge is -2.26. The van der Waals surface area contributed by atoms with Gasteiger partial charge in [0.15, 0.2) is 0 Å². The highest BCUT2D eigenvalue weighted by molar-refractivity contribution is 6.09. The molecule has 3 fully saturated rings. The molecule has 5 atom stereocenters. The first-order valence-electron chi connectivity index (χ1n) is 9.00. The molecule has 6 nitrogen and oxygen atoms in total. The molecule has 5 rings (SSSR count). The number of nitro groups is 1. The molecule has 2 unspecified atom stereocenters. The Morgan fingerprint density at radius 1 is 1.12 bits per heavy atom. The number of carbonyl (C=O) groups excluding carboxylic acids is 1. The second-order valence-electron chi connectivity index (χ2n) is 7.63. The van der Waals surface area contributed by atoms with E-state index in [1.165, 1.54) is 6.07 Å². The van der Waals surface area contributed by atoms with Gasteiger partial charge in [0.1, 0.15) is 6.04 Å². The summed E-state index contributed by atoms with van der Waals surface area (Å²) < 4.78 is 0. The number of hydrogen-bond donors (Lipinski definition) is 0. The van der Waals surface area contributed by atoms with Crippen LogP contribution in [0.4, 0.5) is 11.4 Å². The van der Waals surface area contributed by atoms with Gasteiger partial charge in [-0.3, -0.25) is 19.8 Å². The number of carbonyl (C=O) groups is 1. The summed E-state index contributed by atoms with van der Waals surface area (Å²) in [7, 11) is 0. The van der Waals surface area contributed by atoms with Gasteiger partial charge in [0, 0.05) is 23.3 Å². The van der Waals surface area contributed by atoms with Gasteiger partial charge in [0.05, 0.1) is 22.1 Å². The Balaban J connectivity index is 1.69. The van der Waals surface area contributed by atoms with Crippen LogP contribution in [0.25, 0.3) is 10.8 Å². The third-order valence-electron chi connectivity index (χ3n) is 6.61. The summed E-state index contributed by atoms with van der Waals surface area (Å²) in [6, 6.07) is 12.0. The minimum absolute atomic E-state index is 0.0183. The minimum atomic E-state index is -0.479. The maximum absolute atomic E-state index is 13.3. The molecule has 2 aliphatic carbocycles. The van der Waals surface area contributed by atoms with E-state index in [9.17, 15) is 20.2 Å². The first-order chi connectivity index (χ1) is 12.6. The Morgan fingerprint density at radius 3 is 2.58 bits per heavy atom. The van der Waals surface area contributed by atoms with E-state index >= 15 is 0 Å². The molecule has 0 N–H and O–H groups in total. The van der Waals surface area contributed by atoms with Gasteiger partial charge in [-0.15, -0.1) is 0 Å². The second kappa shape index (κ2) is 5.28. The third kappa shape index (κ3) is 1.83. The SMILES string of the molecule is N#C[C@H]1[C@@H]2C3CCC(C3)[C@@H]2C(=O)N1c1ccc([N+](=O)[O-])c2ccccc12. The number of nitrogens with zero attached hydrogens (tertiary/aromatic N) is 3. The Labute approximate surface area is 150 Å². The van der Waals surface area contributed by atoms with Crippen molar-refractivity contribution in [2.75, 3.05) is 4.90 Å². The fraction of sp³-hybridized carbons (Fsp3) is 0.400. The van der Waals surface area contributed by atoms with Crippen LogP contribution in [0.2, 0.25) is 0 Å². The Bertz CT molecular complexity index is 995. The molecule has 2 aromatic carbocycles.